The second kappa shape index (κ2) is 9.32. The van der Waals surface area contributed by atoms with Crippen LogP contribution in [0.4, 0.5) is 4.79 Å². The Kier molecular flexibility index (Phi) is 6.82. The van der Waals surface area contributed by atoms with Gasteiger partial charge in [0.1, 0.15) is 28.6 Å². The van der Waals surface area contributed by atoms with Gasteiger partial charge in [-0.25, -0.2) is 14.5 Å². The van der Waals surface area contributed by atoms with Crippen LogP contribution < -0.4 is 14.2 Å². The number of methoxy groups -OCH3 is 4. The van der Waals surface area contributed by atoms with Crippen LogP contribution in [0.25, 0.3) is 0 Å². The van der Waals surface area contributed by atoms with E-state index in [4.69, 9.17) is 28.5 Å². The number of esters is 1. The lowest BCUT2D eigenvalue weighted by atomic mass is 9.78. The minimum Gasteiger partial charge on any atom is -0.496 e. The van der Waals surface area contributed by atoms with Gasteiger partial charge in [0.25, 0.3) is 5.91 Å². The lowest BCUT2D eigenvalue weighted by Crippen LogP contribution is -2.49. The van der Waals surface area contributed by atoms with Crippen LogP contribution >= 0.6 is 0 Å². The molecule has 0 spiro atoms. The van der Waals surface area contributed by atoms with Crippen LogP contribution in [0.2, 0.25) is 0 Å². The summed E-state index contributed by atoms with van der Waals surface area (Å²) >= 11 is 0. The molecule has 0 bridgehead atoms. The standard InChI is InChI=1S/C23H27N3O9/c1-22(2,3)34-21(29)26-18(19(27)33-7)16-17(25-35-23(16,8-9-24)20(26)28)15-13(31-5)10-12(30-4)11-14(15)32-6/h10-11,16,18H,8H2,1-7H3/t16-,18+,23-/m1/s1. The molecule has 0 N–H and O–H groups in total. The van der Waals surface area contributed by atoms with Crippen molar-refractivity contribution in [2.75, 3.05) is 28.4 Å². The van der Waals surface area contributed by atoms with Crippen LogP contribution in [-0.2, 0) is 23.9 Å². The van der Waals surface area contributed by atoms with Crippen LogP contribution in [0.5, 0.6) is 17.2 Å². The topological polar surface area (TPSA) is 146 Å². The molecule has 3 atom stereocenters. The van der Waals surface area contributed by atoms with Crippen LogP contribution in [0.15, 0.2) is 17.3 Å². The van der Waals surface area contributed by atoms with Gasteiger partial charge in [0, 0.05) is 12.1 Å². The minimum absolute atomic E-state index is 0.0615. The average molecular weight is 489 g/mol. The number of ether oxygens (including phenoxy) is 5. The van der Waals surface area contributed by atoms with Gasteiger partial charge in [-0.15, -0.1) is 0 Å². The minimum atomic E-state index is -1.98. The monoisotopic (exact) mass is 489 g/mol. The van der Waals surface area contributed by atoms with Gasteiger partial charge in [0.05, 0.1) is 52.4 Å². The molecule has 2 aliphatic rings. The maximum absolute atomic E-state index is 13.6. The largest absolute Gasteiger partial charge is 0.496 e. The Balaban J connectivity index is 2.25. The molecule has 35 heavy (non-hydrogen) atoms. The van der Waals surface area contributed by atoms with Crippen LogP contribution in [0.3, 0.4) is 0 Å². The van der Waals surface area contributed by atoms with Crippen molar-refractivity contribution >= 4 is 23.7 Å². The SMILES string of the molecule is COC(=O)[C@@H]1[C@H]2C(c3c(OC)cc(OC)cc3OC)=NO[C@@]2(CC#N)C(=O)N1C(=O)OC(C)(C)C. The summed E-state index contributed by atoms with van der Waals surface area (Å²) in [6, 6.07) is 3.48. The third-order valence-corrected chi connectivity index (χ3v) is 5.62. The number of carbonyl (C=O) groups is 3. The van der Waals surface area contributed by atoms with E-state index in [2.05, 4.69) is 5.16 Å². The number of hydrogen-bond acceptors (Lipinski definition) is 11. The van der Waals surface area contributed by atoms with E-state index in [1.165, 1.54) is 21.3 Å². The number of likely N-dealkylation sites (tertiary alicyclic amines) is 1. The second-order valence-electron chi connectivity index (χ2n) is 8.80. The van der Waals surface area contributed by atoms with Crippen molar-refractivity contribution < 1.29 is 42.9 Å². The van der Waals surface area contributed by atoms with Crippen molar-refractivity contribution in [3.8, 4) is 23.3 Å². The zero-order valence-corrected chi connectivity index (χ0v) is 20.5. The van der Waals surface area contributed by atoms with Gasteiger partial charge < -0.3 is 28.5 Å². The number of oxime groups is 1. The van der Waals surface area contributed by atoms with E-state index in [-0.39, 0.29) is 22.8 Å². The third-order valence-electron chi connectivity index (χ3n) is 5.62. The molecule has 2 aliphatic heterocycles. The molecule has 1 aromatic rings. The molecule has 1 saturated heterocycles. The van der Waals surface area contributed by atoms with Crippen molar-refractivity contribution in [1.29, 1.82) is 5.26 Å². The quantitative estimate of drug-likeness (QED) is 0.544. The molecule has 12 heteroatoms. The van der Waals surface area contributed by atoms with Crippen molar-refractivity contribution in [3.05, 3.63) is 17.7 Å². The Morgan fingerprint density at radius 1 is 1.14 bits per heavy atom. The van der Waals surface area contributed by atoms with E-state index in [9.17, 15) is 19.6 Å². The normalized spacial score (nSPS) is 23.0. The summed E-state index contributed by atoms with van der Waals surface area (Å²) in [5.74, 6) is -2.21. The number of nitriles is 1. The first kappa shape index (κ1) is 25.6. The fourth-order valence-corrected chi connectivity index (χ4v) is 4.19. The molecule has 0 saturated carbocycles. The first-order valence-corrected chi connectivity index (χ1v) is 10.6. The molecule has 2 amide bonds. The zero-order valence-electron chi connectivity index (χ0n) is 20.5. The molecule has 1 aromatic carbocycles. The van der Waals surface area contributed by atoms with Gasteiger partial charge in [-0.05, 0) is 20.8 Å². The first-order chi connectivity index (χ1) is 16.5. The highest BCUT2D eigenvalue weighted by atomic mass is 16.7. The Hall–Kier alpha value is -4.01. The Morgan fingerprint density at radius 3 is 2.20 bits per heavy atom. The van der Waals surface area contributed by atoms with E-state index in [1.807, 2.05) is 6.07 Å². The molecule has 188 valence electrons. The fourth-order valence-electron chi connectivity index (χ4n) is 4.19. The van der Waals surface area contributed by atoms with E-state index < -0.39 is 47.6 Å². The van der Waals surface area contributed by atoms with Gasteiger partial charge in [-0.2, -0.15) is 5.26 Å². The summed E-state index contributed by atoms with van der Waals surface area (Å²) in [6.07, 6.45) is -1.59. The van der Waals surface area contributed by atoms with Crippen LogP contribution in [0.1, 0.15) is 32.8 Å². The molecule has 0 aromatic heterocycles. The average Bonchev–Trinajstić information content (AvgIpc) is 3.29. The molecule has 3 rings (SSSR count). The number of carbonyl (C=O) groups excluding carboxylic acids is 3. The Morgan fingerprint density at radius 2 is 1.74 bits per heavy atom. The maximum atomic E-state index is 13.6. The summed E-state index contributed by atoms with van der Waals surface area (Å²) < 4.78 is 26.6. The highest BCUT2D eigenvalue weighted by Gasteiger charge is 2.71. The molecule has 12 nitrogen and oxygen atoms in total. The summed E-state index contributed by atoms with van der Waals surface area (Å²) in [5.41, 5.74) is -2.63. The maximum Gasteiger partial charge on any atom is 0.418 e. The number of rotatable bonds is 6. The summed E-state index contributed by atoms with van der Waals surface area (Å²) in [4.78, 5) is 46.0. The lowest BCUT2D eigenvalue weighted by molar-refractivity contribution is -0.151. The zero-order chi connectivity index (χ0) is 26.1. The molecule has 1 fully saturated rings. The predicted molar refractivity (Wildman–Crippen MR) is 119 cm³/mol. The van der Waals surface area contributed by atoms with Crippen molar-refractivity contribution in [2.45, 2.75) is 44.4 Å². The van der Waals surface area contributed by atoms with Gasteiger partial charge in [0.2, 0.25) is 5.60 Å². The van der Waals surface area contributed by atoms with E-state index in [1.54, 1.807) is 32.9 Å². The molecule has 2 heterocycles. The van der Waals surface area contributed by atoms with Crippen molar-refractivity contribution in [2.24, 2.45) is 11.1 Å². The van der Waals surface area contributed by atoms with Gasteiger partial charge in [0.15, 0.2) is 6.04 Å². The van der Waals surface area contributed by atoms with Crippen LogP contribution in [0, 0.1) is 17.2 Å². The summed E-state index contributed by atoms with van der Waals surface area (Å²) in [6.45, 7) is 4.84. The second-order valence-corrected chi connectivity index (χ2v) is 8.80. The molecule has 0 radical (unpaired) electrons. The smallest absolute Gasteiger partial charge is 0.418 e. The number of hydrogen-bond donors (Lipinski definition) is 0. The van der Waals surface area contributed by atoms with Gasteiger partial charge in [-0.1, -0.05) is 5.16 Å². The van der Waals surface area contributed by atoms with E-state index in [0.29, 0.717) is 10.6 Å². The fraction of sp³-hybridized carbons (Fsp3) is 0.522. The third kappa shape index (κ3) is 4.18. The van der Waals surface area contributed by atoms with Gasteiger partial charge in [-0.3, -0.25) is 4.79 Å². The summed E-state index contributed by atoms with van der Waals surface area (Å²) in [7, 11) is 5.39. The van der Waals surface area contributed by atoms with Crippen LogP contribution in [-0.4, -0.2) is 74.3 Å². The van der Waals surface area contributed by atoms with E-state index in [0.717, 1.165) is 7.11 Å². The number of imide groups is 1. The molecule has 0 aliphatic carbocycles. The molecule has 0 unspecified atom stereocenters. The summed E-state index contributed by atoms with van der Waals surface area (Å²) in [5, 5.41) is 13.7. The van der Waals surface area contributed by atoms with Crippen molar-refractivity contribution in [1.82, 2.24) is 4.90 Å². The predicted octanol–water partition coefficient (Wildman–Crippen LogP) is 2.03. The van der Waals surface area contributed by atoms with E-state index >= 15 is 0 Å². The molecular weight excluding hydrogens is 462 g/mol. The Labute approximate surface area is 202 Å². The van der Waals surface area contributed by atoms with Gasteiger partial charge >= 0.3 is 12.1 Å². The number of benzene rings is 1. The van der Waals surface area contributed by atoms with Crippen molar-refractivity contribution in [3.63, 3.8) is 0 Å². The lowest BCUT2D eigenvalue weighted by Gasteiger charge is -2.27. The highest BCUT2D eigenvalue weighted by Crippen LogP contribution is 2.50. The molecular formula is C23H27N3O9. The Bertz CT molecular complexity index is 1090. The number of amides is 2. The highest BCUT2D eigenvalue weighted by molar-refractivity contribution is 6.17. The number of nitrogens with zero attached hydrogens (tertiary/aromatic N) is 3. The number of fused-ring (bicyclic) bond motifs is 1. The first-order valence-electron chi connectivity index (χ1n) is 10.6.